The van der Waals surface area contributed by atoms with E-state index in [2.05, 4.69) is 34.5 Å². The van der Waals surface area contributed by atoms with Crippen LogP contribution in [-0.4, -0.2) is 68.1 Å². The van der Waals surface area contributed by atoms with Crippen molar-refractivity contribution in [2.45, 2.75) is 44.4 Å². The highest BCUT2D eigenvalue weighted by molar-refractivity contribution is 6.30. The van der Waals surface area contributed by atoms with Gasteiger partial charge < -0.3 is 9.64 Å². The van der Waals surface area contributed by atoms with E-state index in [1.54, 1.807) is 6.20 Å². The number of alkyl halides is 1. The zero-order valence-electron chi connectivity index (χ0n) is 19.1. The fraction of sp³-hybridized carbons (Fsp3) is 0.500. The zero-order valence-corrected chi connectivity index (χ0v) is 19.9. The average molecular weight is 484 g/mol. The Morgan fingerprint density at radius 3 is 2.71 bits per heavy atom. The van der Waals surface area contributed by atoms with Crippen molar-refractivity contribution >= 4 is 17.4 Å². The summed E-state index contributed by atoms with van der Waals surface area (Å²) in [7, 11) is 0. The van der Waals surface area contributed by atoms with Crippen molar-refractivity contribution in [1.82, 2.24) is 29.6 Å². The van der Waals surface area contributed by atoms with Crippen molar-refractivity contribution in [3.8, 4) is 5.69 Å². The number of rotatable bonds is 4. The second-order valence-electron chi connectivity index (χ2n) is 9.65. The first-order chi connectivity index (χ1) is 16.5. The number of nitrogens with zero attached hydrogens (tertiary/aromatic N) is 7. The molecule has 0 bridgehead atoms. The highest BCUT2D eigenvalue weighted by Crippen LogP contribution is 2.35. The Morgan fingerprint density at radius 2 is 1.97 bits per heavy atom. The number of hydrogen-bond acceptors (Lipinski definition) is 7. The van der Waals surface area contributed by atoms with Crippen molar-refractivity contribution in [1.29, 1.82) is 0 Å². The SMILES string of the molecule is Cc1cncc(N2CCC(c3nnc4n3-c3ccc(Cl)cc3CN(CC3(F)COC3)C4)CC2)n1. The standard InChI is InChI=1S/C24H27ClFN7O/c1-16-9-27-10-21(28-16)32-6-4-17(5-7-32)23-30-29-22-12-31(13-24(26)14-34-15-24)11-18-8-19(25)2-3-20(18)33(22)23/h2-3,8-10,17H,4-7,11-15H2,1H3. The van der Waals surface area contributed by atoms with Gasteiger partial charge in [0.25, 0.3) is 0 Å². The third kappa shape index (κ3) is 4.06. The van der Waals surface area contributed by atoms with E-state index in [1.807, 2.05) is 31.3 Å². The minimum Gasteiger partial charge on any atom is -0.375 e. The molecule has 178 valence electrons. The fourth-order valence-electron chi connectivity index (χ4n) is 5.25. The Labute approximate surface area is 202 Å². The van der Waals surface area contributed by atoms with Gasteiger partial charge in [-0.2, -0.15) is 0 Å². The largest absolute Gasteiger partial charge is 0.375 e. The van der Waals surface area contributed by atoms with Gasteiger partial charge in [-0.15, -0.1) is 10.2 Å². The Kier molecular flexibility index (Phi) is 5.50. The van der Waals surface area contributed by atoms with Gasteiger partial charge in [0.15, 0.2) is 11.5 Å². The van der Waals surface area contributed by atoms with Crippen LogP contribution in [0.15, 0.2) is 30.6 Å². The number of benzene rings is 1. The lowest BCUT2D eigenvalue weighted by Gasteiger charge is -2.37. The van der Waals surface area contributed by atoms with Crippen LogP contribution in [0.3, 0.4) is 0 Å². The fourth-order valence-corrected chi connectivity index (χ4v) is 5.45. The molecule has 0 amide bonds. The summed E-state index contributed by atoms with van der Waals surface area (Å²) in [5, 5.41) is 9.90. The van der Waals surface area contributed by atoms with Gasteiger partial charge in [-0.3, -0.25) is 14.5 Å². The van der Waals surface area contributed by atoms with E-state index < -0.39 is 5.67 Å². The summed E-state index contributed by atoms with van der Waals surface area (Å²) in [6.07, 6.45) is 5.50. The van der Waals surface area contributed by atoms with Gasteiger partial charge in [0.05, 0.1) is 37.3 Å². The number of hydrogen-bond donors (Lipinski definition) is 0. The van der Waals surface area contributed by atoms with E-state index in [-0.39, 0.29) is 19.1 Å². The van der Waals surface area contributed by atoms with Gasteiger partial charge in [-0.05, 0) is 43.5 Å². The van der Waals surface area contributed by atoms with Gasteiger partial charge in [-0.1, -0.05) is 11.6 Å². The van der Waals surface area contributed by atoms with Crippen LogP contribution < -0.4 is 4.90 Å². The maximum Gasteiger partial charge on any atom is 0.169 e. The smallest absolute Gasteiger partial charge is 0.169 e. The second-order valence-corrected chi connectivity index (χ2v) is 10.1. The van der Waals surface area contributed by atoms with E-state index in [1.165, 1.54) is 0 Å². The van der Waals surface area contributed by atoms with Crippen LogP contribution in [0.1, 0.15) is 41.7 Å². The molecule has 2 aromatic heterocycles. The third-order valence-electron chi connectivity index (χ3n) is 6.95. The van der Waals surface area contributed by atoms with Crippen molar-refractivity contribution in [3.05, 3.63) is 58.5 Å². The average Bonchev–Trinajstić information content (AvgIpc) is 3.15. The molecule has 3 aliphatic rings. The molecule has 0 saturated carbocycles. The normalized spacial score (nSPS) is 20.4. The van der Waals surface area contributed by atoms with Crippen LogP contribution >= 0.6 is 11.6 Å². The van der Waals surface area contributed by atoms with Gasteiger partial charge in [-0.25, -0.2) is 9.37 Å². The van der Waals surface area contributed by atoms with E-state index in [4.69, 9.17) is 16.3 Å². The highest BCUT2D eigenvalue weighted by atomic mass is 35.5. The van der Waals surface area contributed by atoms with Crippen LogP contribution in [-0.2, 0) is 17.8 Å². The first kappa shape index (κ1) is 21.9. The summed E-state index contributed by atoms with van der Waals surface area (Å²) in [6, 6.07) is 5.91. The Hall–Kier alpha value is -2.62. The zero-order chi connectivity index (χ0) is 23.3. The van der Waals surface area contributed by atoms with Crippen molar-refractivity contribution in [2.75, 3.05) is 37.7 Å². The third-order valence-corrected chi connectivity index (χ3v) is 7.19. The number of halogens is 2. The molecule has 0 atom stereocenters. The van der Waals surface area contributed by atoms with E-state index >= 15 is 0 Å². The molecular weight excluding hydrogens is 457 g/mol. The maximum absolute atomic E-state index is 14.9. The van der Waals surface area contributed by atoms with Crippen LogP contribution in [0.5, 0.6) is 0 Å². The lowest BCUT2D eigenvalue weighted by Crippen LogP contribution is -2.53. The summed E-state index contributed by atoms with van der Waals surface area (Å²) in [5.74, 6) is 3.01. The van der Waals surface area contributed by atoms with Crippen LogP contribution in [0.2, 0.25) is 5.02 Å². The molecule has 1 aromatic carbocycles. The summed E-state index contributed by atoms with van der Waals surface area (Å²) in [5.41, 5.74) is 1.71. The molecule has 10 heteroatoms. The molecule has 6 rings (SSSR count). The molecule has 0 radical (unpaired) electrons. The number of fused-ring (bicyclic) bond motifs is 3. The van der Waals surface area contributed by atoms with Crippen LogP contribution in [0, 0.1) is 6.92 Å². The highest BCUT2D eigenvalue weighted by Gasteiger charge is 2.41. The van der Waals surface area contributed by atoms with Crippen molar-refractivity contribution in [2.24, 2.45) is 0 Å². The van der Waals surface area contributed by atoms with Crippen LogP contribution in [0.4, 0.5) is 10.2 Å². The first-order valence-electron chi connectivity index (χ1n) is 11.7. The van der Waals surface area contributed by atoms with Crippen LogP contribution in [0.25, 0.3) is 5.69 Å². The van der Waals surface area contributed by atoms with E-state index in [0.29, 0.717) is 24.7 Å². The maximum atomic E-state index is 14.9. The van der Waals surface area contributed by atoms with Crippen molar-refractivity contribution in [3.63, 3.8) is 0 Å². The molecule has 0 aliphatic carbocycles. The predicted molar refractivity (Wildman–Crippen MR) is 126 cm³/mol. The molecule has 3 aromatic rings. The lowest BCUT2D eigenvalue weighted by molar-refractivity contribution is -0.142. The molecule has 0 unspecified atom stereocenters. The van der Waals surface area contributed by atoms with Gasteiger partial charge >= 0.3 is 0 Å². The molecule has 8 nitrogen and oxygen atoms in total. The first-order valence-corrected chi connectivity index (χ1v) is 12.1. The molecule has 3 aliphatic heterocycles. The number of ether oxygens (including phenoxy) is 1. The number of piperidine rings is 1. The summed E-state index contributed by atoms with van der Waals surface area (Å²) in [4.78, 5) is 13.3. The molecule has 2 fully saturated rings. The number of aromatic nitrogens is 5. The number of anilines is 1. The second kappa shape index (κ2) is 8.55. The molecule has 2 saturated heterocycles. The van der Waals surface area contributed by atoms with E-state index in [0.717, 1.165) is 60.3 Å². The summed E-state index contributed by atoms with van der Waals surface area (Å²) in [6.45, 7) is 5.46. The van der Waals surface area contributed by atoms with Gasteiger partial charge in [0.2, 0.25) is 0 Å². The minimum atomic E-state index is -1.30. The summed E-state index contributed by atoms with van der Waals surface area (Å²) >= 11 is 6.35. The van der Waals surface area contributed by atoms with Gasteiger partial charge in [0.1, 0.15) is 11.6 Å². The minimum absolute atomic E-state index is 0.147. The molecule has 34 heavy (non-hydrogen) atoms. The monoisotopic (exact) mass is 483 g/mol. The Balaban J connectivity index is 1.28. The lowest BCUT2D eigenvalue weighted by atomic mass is 9.95. The molecule has 5 heterocycles. The van der Waals surface area contributed by atoms with E-state index in [9.17, 15) is 4.39 Å². The number of aryl methyl sites for hydroxylation is 1. The molecular formula is C24H27ClFN7O. The predicted octanol–water partition coefficient (Wildman–Crippen LogP) is 3.46. The summed E-state index contributed by atoms with van der Waals surface area (Å²) < 4.78 is 22.2. The molecule has 0 N–H and O–H groups in total. The topological polar surface area (TPSA) is 72.2 Å². The molecule has 0 spiro atoms. The van der Waals surface area contributed by atoms with Crippen molar-refractivity contribution < 1.29 is 9.13 Å². The quantitative estimate of drug-likeness (QED) is 0.562. The van der Waals surface area contributed by atoms with Gasteiger partial charge in [0, 0.05) is 43.3 Å². The Morgan fingerprint density at radius 1 is 1.15 bits per heavy atom. The Bertz CT molecular complexity index is 1210.